The van der Waals surface area contributed by atoms with Crippen LogP contribution in [0.15, 0.2) is 59.7 Å². The zero-order valence-electron chi connectivity index (χ0n) is 11.2. The van der Waals surface area contributed by atoms with Crippen LogP contribution >= 0.6 is 0 Å². The molecule has 0 aliphatic heterocycles. The number of hydrogen-bond acceptors (Lipinski definition) is 3. The highest BCUT2D eigenvalue weighted by molar-refractivity contribution is 5.52. The molecule has 0 aromatic carbocycles. The zero-order valence-corrected chi connectivity index (χ0v) is 11.2. The Hall–Kier alpha value is -2.29. The molecule has 2 N–H and O–H groups in total. The number of aryl methyl sites for hydroxylation is 1. The number of aliphatic hydroxyl groups excluding tert-OH is 1. The van der Waals surface area contributed by atoms with Gasteiger partial charge in [-0.2, -0.15) is 0 Å². The molecule has 0 amide bonds. The molecule has 19 heavy (non-hydrogen) atoms. The van der Waals surface area contributed by atoms with Crippen LogP contribution in [-0.4, -0.2) is 17.1 Å². The van der Waals surface area contributed by atoms with E-state index < -0.39 is 0 Å². The molecule has 3 nitrogen and oxygen atoms in total. The van der Waals surface area contributed by atoms with Crippen molar-refractivity contribution >= 4 is 6.08 Å². The van der Waals surface area contributed by atoms with Gasteiger partial charge < -0.3 is 10.4 Å². The lowest BCUT2D eigenvalue weighted by Crippen LogP contribution is -2.07. The Labute approximate surface area is 113 Å². The van der Waals surface area contributed by atoms with Crippen molar-refractivity contribution < 1.29 is 5.11 Å². The van der Waals surface area contributed by atoms with Gasteiger partial charge in [0.15, 0.2) is 0 Å². The first-order chi connectivity index (χ1) is 9.19. The highest BCUT2D eigenvalue weighted by Gasteiger charge is 2.09. The van der Waals surface area contributed by atoms with E-state index in [4.69, 9.17) is 0 Å². The predicted octanol–water partition coefficient (Wildman–Crippen LogP) is 3.28. The van der Waals surface area contributed by atoms with Gasteiger partial charge in [-0.15, -0.1) is 0 Å². The number of nitrogens with zero attached hydrogens (tertiary/aromatic N) is 1. The molecular formula is C16H18N2O. The lowest BCUT2D eigenvalue weighted by molar-refractivity contribution is 0.402. The van der Waals surface area contributed by atoms with Crippen LogP contribution in [0, 0.1) is 6.92 Å². The number of nitrogens with one attached hydrogen (secondary N) is 1. The topological polar surface area (TPSA) is 45.2 Å². The number of aliphatic hydroxyl groups is 1. The van der Waals surface area contributed by atoms with E-state index in [-0.39, 0.29) is 0 Å². The normalized spacial score (nSPS) is 15.6. The summed E-state index contributed by atoms with van der Waals surface area (Å²) >= 11 is 0. The molecule has 1 aromatic heterocycles. The van der Waals surface area contributed by atoms with Crippen LogP contribution < -0.4 is 5.32 Å². The maximum atomic E-state index is 9.41. The van der Waals surface area contributed by atoms with Crippen molar-refractivity contribution in [3.63, 3.8) is 0 Å². The van der Waals surface area contributed by atoms with Crippen molar-refractivity contribution in [2.24, 2.45) is 0 Å². The van der Waals surface area contributed by atoms with Crippen molar-refractivity contribution in [3.05, 3.63) is 70.9 Å². The average molecular weight is 254 g/mol. The van der Waals surface area contributed by atoms with E-state index in [1.54, 1.807) is 12.3 Å². The smallest absolute Gasteiger partial charge is 0.0967 e. The number of aromatic nitrogens is 1. The van der Waals surface area contributed by atoms with Gasteiger partial charge in [0.05, 0.1) is 5.76 Å². The summed E-state index contributed by atoms with van der Waals surface area (Å²) in [6.45, 7) is 1.98. The summed E-state index contributed by atoms with van der Waals surface area (Å²) in [6.07, 6.45) is 12.1. The van der Waals surface area contributed by atoms with Gasteiger partial charge in [-0.25, -0.2) is 0 Å². The molecule has 0 atom stereocenters. The van der Waals surface area contributed by atoms with Crippen molar-refractivity contribution in [1.29, 1.82) is 0 Å². The molecule has 0 bridgehead atoms. The van der Waals surface area contributed by atoms with E-state index in [1.165, 1.54) is 0 Å². The van der Waals surface area contributed by atoms with Crippen LogP contribution in [0.25, 0.3) is 6.08 Å². The van der Waals surface area contributed by atoms with E-state index in [9.17, 15) is 5.11 Å². The summed E-state index contributed by atoms with van der Waals surface area (Å²) < 4.78 is 0. The van der Waals surface area contributed by atoms with E-state index >= 15 is 0 Å². The Kier molecular flexibility index (Phi) is 4.18. The second kappa shape index (κ2) is 6.05. The standard InChI is InChI=1S/C16H18N2O/c1-12-10-13(8-9-18-12)4-3-5-16(17-2)14-6-7-15(19)11-14/h3-10,17,19H,11H2,1-2H3/b4-3+,16-5-. The minimum atomic E-state index is 0.407. The third-order valence-electron chi connectivity index (χ3n) is 2.94. The molecular weight excluding hydrogens is 236 g/mol. The Morgan fingerprint density at radius 2 is 2.26 bits per heavy atom. The van der Waals surface area contributed by atoms with Gasteiger partial charge in [-0.05, 0) is 42.3 Å². The number of rotatable bonds is 4. The van der Waals surface area contributed by atoms with Crippen molar-refractivity contribution in [2.75, 3.05) is 7.05 Å². The fraction of sp³-hybridized carbons (Fsp3) is 0.188. The lowest BCUT2D eigenvalue weighted by atomic mass is 10.1. The highest BCUT2D eigenvalue weighted by atomic mass is 16.3. The number of pyridine rings is 1. The molecule has 0 unspecified atom stereocenters. The first-order valence-corrected chi connectivity index (χ1v) is 6.27. The quantitative estimate of drug-likeness (QED) is 0.810. The van der Waals surface area contributed by atoms with Gasteiger partial charge in [-0.3, -0.25) is 4.98 Å². The molecule has 0 saturated heterocycles. The highest BCUT2D eigenvalue weighted by Crippen LogP contribution is 2.22. The molecule has 1 aliphatic rings. The molecule has 3 heteroatoms. The molecule has 1 aromatic rings. The molecule has 98 valence electrons. The van der Waals surface area contributed by atoms with Gasteiger partial charge in [0, 0.05) is 31.1 Å². The van der Waals surface area contributed by atoms with Crippen molar-refractivity contribution in [2.45, 2.75) is 13.3 Å². The minimum absolute atomic E-state index is 0.407. The summed E-state index contributed by atoms with van der Waals surface area (Å²) in [5, 5.41) is 12.6. The monoisotopic (exact) mass is 254 g/mol. The maximum Gasteiger partial charge on any atom is 0.0967 e. The van der Waals surface area contributed by atoms with Crippen LogP contribution in [-0.2, 0) is 0 Å². The molecule has 1 heterocycles. The third-order valence-corrected chi connectivity index (χ3v) is 2.94. The van der Waals surface area contributed by atoms with E-state index in [0.29, 0.717) is 12.2 Å². The van der Waals surface area contributed by atoms with E-state index in [2.05, 4.69) is 10.3 Å². The van der Waals surface area contributed by atoms with Crippen LogP contribution in [0.4, 0.5) is 0 Å². The predicted molar refractivity (Wildman–Crippen MR) is 78.6 cm³/mol. The van der Waals surface area contributed by atoms with Crippen LogP contribution in [0.2, 0.25) is 0 Å². The lowest BCUT2D eigenvalue weighted by Gasteiger charge is -2.06. The molecule has 1 aliphatic carbocycles. The second-order valence-corrected chi connectivity index (χ2v) is 4.45. The SMILES string of the molecule is CN/C(=C\C=C\c1ccnc(C)c1)C1=CC=C(O)C1. The summed E-state index contributed by atoms with van der Waals surface area (Å²) in [6, 6.07) is 4.00. The average Bonchev–Trinajstić information content (AvgIpc) is 2.81. The van der Waals surface area contributed by atoms with Gasteiger partial charge in [0.1, 0.15) is 0 Å². The molecule has 2 rings (SSSR count). The summed E-state index contributed by atoms with van der Waals surface area (Å²) in [7, 11) is 1.88. The molecule has 0 fully saturated rings. The van der Waals surface area contributed by atoms with E-state index in [0.717, 1.165) is 22.5 Å². The van der Waals surface area contributed by atoms with Gasteiger partial charge in [0.25, 0.3) is 0 Å². The van der Waals surface area contributed by atoms with Crippen molar-refractivity contribution in [3.8, 4) is 0 Å². The number of likely N-dealkylation sites (N-methyl/N-ethyl adjacent to an activating group) is 1. The maximum absolute atomic E-state index is 9.41. The summed E-state index contributed by atoms with van der Waals surface area (Å²) in [5.41, 5.74) is 4.24. The first-order valence-electron chi connectivity index (χ1n) is 6.27. The van der Waals surface area contributed by atoms with Crippen molar-refractivity contribution in [1.82, 2.24) is 10.3 Å². The minimum Gasteiger partial charge on any atom is -0.512 e. The first kappa shape index (κ1) is 13.1. The number of allylic oxidation sites excluding steroid dienone is 6. The number of hydrogen-bond donors (Lipinski definition) is 2. The van der Waals surface area contributed by atoms with Gasteiger partial charge in [-0.1, -0.05) is 18.2 Å². The summed E-state index contributed by atoms with van der Waals surface area (Å²) in [5.74, 6) is 0.407. The Balaban J connectivity index is 2.08. The summed E-state index contributed by atoms with van der Waals surface area (Å²) in [4.78, 5) is 4.17. The van der Waals surface area contributed by atoms with Crippen LogP contribution in [0.1, 0.15) is 17.7 Å². The molecule has 0 spiro atoms. The molecule has 0 radical (unpaired) electrons. The second-order valence-electron chi connectivity index (χ2n) is 4.45. The fourth-order valence-corrected chi connectivity index (χ4v) is 1.97. The zero-order chi connectivity index (χ0) is 13.7. The van der Waals surface area contributed by atoms with Gasteiger partial charge >= 0.3 is 0 Å². The Bertz CT molecular complexity index is 580. The van der Waals surface area contributed by atoms with Crippen LogP contribution in [0.3, 0.4) is 0 Å². The Morgan fingerprint density at radius 3 is 2.89 bits per heavy atom. The Morgan fingerprint density at radius 1 is 1.42 bits per heavy atom. The van der Waals surface area contributed by atoms with Crippen LogP contribution in [0.5, 0.6) is 0 Å². The fourth-order valence-electron chi connectivity index (χ4n) is 1.97. The molecule has 0 saturated carbocycles. The third kappa shape index (κ3) is 3.58. The van der Waals surface area contributed by atoms with Gasteiger partial charge in [0.2, 0.25) is 0 Å². The largest absolute Gasteiger partial charge is 0.512 e. The van der Waals surface area contributed by atoms with E-state index in [1.807, 2.05) is 50.4 Å².